The van der Waals surface area contributed by atoms with E-state index in [1.807, 2.05) is 12.1 Å². The Balaban J connectivity index is 1.82. The second-order valence-electron chi connectivity index (χ2n) is 6.12. The Morgan fingerprint density at radius 1 is 0.963 bits per heavy atom. The van der Waals surface area contributed by atoms with Crippen LogP contribution in [0.4, 0.5) is 11.4 Å². The molecule has 5 nitrogen and oxygen atoms in total. The molecule has 0 radical (unpaired) electrons. The number of carbonyl (C=O) groups excluding carboxylic acids is 1. The lowest BCUT2D eigenvalue weighted by Gasteiger charge is -2.04. The maximum Gasteiger partial charge on any atom is 0.348 e. The summed E-state index contributed by atoms with van der Waals surface area (Å²) < 4.78 is 9.89. The van der Waals surface area contributed by atoms with Gasteiger partial charge in [0.25, 0.3) is 0 Å². The first-order valence-electron chi connectivity index (χ1n) is 9.25. The van der Waals surface area contributed by atoms with Crippen molar-refractivity contribution in [2.45, 2.75) is 39.0 Å². The highest BCUT2D eigenvalue weighted by molar-refractivity contribution is 5.71. The minimum atomic E-state index is -0.498. The van der Waals surface area contributed by atoms with E-state index in [0.29, 0.717) is 11.4 Å². The zero-order chi connectivity index (χ0) is 19.3. The molecule has 0 aliphatic heterocycles. The molecule has 0 unspecified atom stereocenters. The van der Waals surface area contributed by atoms with Crippen LogP contribution >= 0.6 is 0 Å². The summed E-state index contributed by atoms with van der Waals surface area (Å²) >= 11 is 0. The first kappa shape index (κ1) is 20.4. The number of hydrogen-bond donors (Lipinski definition) is 0. The van der Waals surface area contributed by atoms with Gasteiger partial charge >= 0.3 is 5.97 Å². The first-order chi connectivity index (χ1) is 13.2. The number of esters is 1. The third-order valence-corrected chi connectivity index (χ3v) is 3.94. The van der Waals surface area contributed by atoms with E-state index in [4.69, 9.17) is 4.74 Å². The van der Waals surface area contributed by atoms with Gasteiger partial charge in [-0.1, -0.05) is 44.9 Å². The number of benzene rings is 2. The van der Waals surface area contributed by atoms with Gasteiger partial charge in [0.1, 0.15) is 5.75 Å². The number of rotatable bonds is 11. The van der Waals surface area contributed by atoms with Crippen LogP contribution in [0, 0.1) is 0 Å². The maximum absolute atomic E-state index is 11.2. The van der Waals surface area contributed by atoms with Gasteiger partial charge in [0.05, 0.1) is 17.6 Å². The van der Waals surface area contributed by atoms with Gasteiger partial charge in [-0.25, -0.2) is 4.79 Å². The van der Waals surface area contributed by atoms with Crippen LogP contribution < -0.4 is 4.74 Å². The molecule has 142 valence electrons. The summed E-state index contributed by atoms with van der Waals surface area (Å²) in [5.41, 5.74) is 2.86. The molecule has 0 saturated carbocycles. The number of hydrogen-bond acceptors (Lipinski definition) is 5. The normalized spacial score (nSPS) is 10.7. The number of nitrogens with zero attached hydrogens (tertiary/aromatic N) is 2. The zero-order valence-corrected chi connectivity index (χ0v) is 15.8. The molecule has 2 rings (SSSR count). The molecule has 0 aliphatic rings. The first-order valence-corrected chi connectivity index (χ1v) is 9.25. The summed E-state index contributed by atoms with van der Waals surface area (Å²) in [6, 6.07) is 15.2. The number of azo groups is 1. The Kier molecular flexibility index (Phi) is 8.77. The monoisotopic (exact) mass is 366 g/mol. The fourth-order valence-electron chi connectivity index (χ4n) is 2.48. The van der Waals surface area contributed by atoms with Gasteiger partial charge in [-0.3, -0.25) is 0 Å². The molecule has 2 aromatic carbocycles. The van der Waals surface area contributed by atoms with Crippen molar-refractivity contribution in [1.82, 2.24) is 0 Å². The summed E-state index contributed by atoms with van der Waals surface area (Å²) in [6.45, 7) is 5.37. The highest BCUT2D eigenvalue weighted by Gasteiger charge is 2.02. The molecule has 0 N–H and O–H groups in total. The van der Waals surface area contributed by atoms with Crippen molar-refractivity contribution in [1.29, 1.82) is 0 Å². The minimum absolute atomic E-state index is 0.169. The molecule has 0 atom stereocenters. The molecule has 5 heteroatoms. The standard InChI is InChI=1S/C22H26N2O3/c1-3-5-6-7-8-18-9-11-19(12-10-18)23-24-20-13-15-21(16-14-20)27-17-22(25)26-4-2/h4,9-16H,2-3,5-8,17H2,1H3. The average molecular weight is 366 g/mol. The Bertz CT molecular complexity index is 737. The van der Waals surface area contributed by atoms with Crippen molar-refractivity contribution >= 4 is 17.3 Å². The smallest absolute Gasteiger partial charge is 0.348 e. The van der Waals surface area contributed by atoms with E-state index in [-0.39, 0.29) is 6.61 Å². The highest BCUT2D eigenvalue weighted by atomic mass is 16.6. The molecule has 27 heavy (non-hydrogen) atoms. The average Bonchev–Trinajstić information content (AvgIpc) is 2.70. The van der Waals surface area contributed by atoms with Crippen molar-refractivity contribution in [3.8, 4) is 5.75 Å². The lowest BCUT2D eigenvalue weighted by Crippen LogP contribution is -2.11. The third kappa shape index (κ3) is 7.86. The number of aryl methyl sites for hydroxylation is 1. The van der Waals surface area contributed by atoms with Gasteiger partial charge in [0.2, 0.25) is 0 Å². The van der Waals surface area contributed by atoms with E-state index >= 15 is 0 Å². The molecule has 0 spiro atoms. The summed E-state index contributed by atoms with van der Waals surface area (Å²) in [4.78, 5) is 11.2. The van der Waals surface area contributed by atoms with Crippen molar-refractivity contribution in [3.63, 3.8) is 0 Å². The van der Waals surface area contributed by atoms with E-state index in [9.17, 15) is 4.79 Å². The second kappa shape index (κ2) is 11.6. The number of ether oxygens (including phenoxy) is 2. The maximum atomic E-state index is 11.2. The topological polar surface area (TPSA) is 60.2 Å². The van der Waals surface area contributed by atoms with Crippen LogP contribution in [0.1, 0.15) is 38.2 Å². The zero-order valence-electron chi connectivity index (χ0n) is 15.8. The minimum Gasteiger partial charge on any atom is -0.482 e. The molecule has 0 aromatic heterocycles. The Morgan fingerprint density at radius 2 is 1.59 bits per heavy atom. The Labute approximate surface area is 160 Å². The highest BCUT2D eigenvalue weighted by Crippen LogP contribution is 2.22. The van der Waals surface area contributed by atoms with Gasteiger partial charge in [0, 0.05) is 0 Å². The van der Waals surface area contributed by atoms with Crippen molar-refractivity contribution in [2.75, 3.05) is 6.61 Å². The van der Waals surface area contributed by atoms with Gasteiger partial charge in [-0.05, 0) is 54.8 Å². The predicted molar refractivity (Wildman–Crippen MR) is 107 cm³/mol. The van der Waals surface area contributed by atoms with Gasteiger partial charge in [-0.2, -0.15) is 10.2 Å². The Morgan fingerprint density at radius 3 is 2.19 bits per heavy atom. The van der Waals surface area contributed by atoms with Crippen LogP contribution in [-0.4, -0.2) is 12.6 Å². The van der Waals surface area contributed by atoms with Gasteiger partial charge in [0.15, 0.2) is 6.61 Å². The van der Waals surface area contributed by atoms with E-state index < -0.39 is 5.97 Å². The van der Waals surface area contributed by atoms with Crippen molar-refractivity contribution < 1.29 is 14.3 Å². The van der Waals surface area contributed by atoms with Crippen molar-refractivity contribution in [3.05, 3.63) is 66.9 Å². The SMILES string of the molecule is C=COC(=O)COc1ccc(N=Nc2ccc(CCCCCC)cc2)cc1. The fraction of sp³-hybridized carbons (Fsp3) is 0.318. The summed E-state index contributed by atoms with van der Waals surface area (Å²) in [5.74, 6) is 0.0602. The molecule has 0 aliphatic carbocycles. The molecular weight excluding hydrogens is 340 g/mol. The lowest BCUT2D eigenvalue weighted by atomic mass is 10.1. The molecule has 0 heterocycles. The molecular formula is C22H26N2O3. The molecule has 2 aromatic rings. The molecule has 0 amide bonds. The lowest BCUT2D eigenvalue weighted by molar-refractivity contribution is -0.140. The van der Waals surface area contributed by atoms with Crippen molar-refractivity contribution in [2.24, 2.45) is 10.2 Å². The van der Waals surface area contributed by atoms with Gasteiger partial charge < -0.3 is 9.47 Å². The van der Waals surface area contributed by atoms with E-state index in [2.05, 4.69) is 40.6 Å². The fourth-order valence-corrected chi connectivity index (χ4v) is 2.48. The van der Waals surface area contributed by atoms with Crippen LogP contribution in [0.25, 0.3) is 0 Å². The van der Waals surface area contributed by atoms with Gasteiger partial charge in [-0.15, -0.1) is 0 Å². The number of unbranched alkanes of at least 4 members (excludes halogenated alkanes) is 3. The molecule has 0 bridgehead atoms. The van der Waals surface area contributed by atoms with Crippen LogP contribution in [0.3, 0.4) is 0 Å². The van der Waals surface area contributed by atoms with E-state index in [1.165, 1.54) is 31.2 Å². The summed E-state index contributed by atoms with van der Waals surface area (Å²) in [5, 5.41) is 8.48. The van der Waals surface area contributed by atoms with Crippen LogP contribution in [0.2, 0.25) is 0 Å². The largest absolute Gasteiger partial charge is 0.482 e. The number of carbonyl (C=O) groups is 1. The second-order valence-corrected chi connectivity index (χ2v) is 6.12. The molecule has 0 fully saturated rings. The van der Waals surface area contributed by atoms with E-state index in [0.717, 1.165) is 18.4 Å². The molecule has 0 saturated heterocycles. The van der Waals surface area contributed by atoms with E-state index in [1.54, 1.807) is 24.3 Å². The van der Waals surface area contributed by atoms with Crippen LogP contribution in [-0.2, 0) is 16.0 Å². The van der Waals surface area contributed by atoms with Crippen LogP contribution in [0.15, 0.2) is 71.6 Å². The van der Waals surface area contributed by atoms with Crippen LogP contribution in [0.5, 0.6) is 5.75 Å². The Hall–Kier alpha value is -2.95. The third-order valence-electron chi connectivity index (χ3n) is 3.94. The summed E-state index contributed by atoms with van der Waals surface area (Å²) in [6.07, 6.45) is 7.26. The predicted octanol–water partition coefficient (Wildman–Crippen LogP) is 6.29. The quantitative estimate of drug-likeness (QED) is 0.203. The summed E-state index contributed by atoms with van der Waals surface area (Å²) in [7, 11) is 0.